The summed E-state index contributed by atoms with van der Waals surface area (Å²) in [6.45, 7) is 0. The van der Waals surface area contributed by atoms with Gasteiger partial charge in [0.2, 0.25) is 0 Å². The fraction of sp³-hybridized carbons (Fsp3) is 0.0625. The van der Waals surface area contributed by atoms with Crippen LogP contribution in [0.25, 0.3) is 6.08 Å². The van der Waals surface area contributed by atoms with Gasteiger partial charge in [-0.25, -0.2) is 4.79 Å². The van der Waals surface area contributed by atoms with Crippen LogP contribution in [-0.4, -0.2) is 11.1 Å². The Morgan fingerprint density at radius 2 is 1.68 bits per heavy atom. The lowest BCUT2D eigenvalue weighted by Gasteiger charge is -2.34. The van der Waals surface area contributed by atoms with Crippen molar-refractivity contribution in [1.29, 1.82) is 0 Å². The molecular formula is C16H13NO2. The van der Waals surface area contributed by atoms with Crippen molar-refractivity contribution in [2.24, 2.45) is 0 Å². The summed E-state index contributed by atoms with van der Waals surface area (Å²) in [5, 5.41) is 12.8. The molecule has 0 radical (unpaired) electrons. The van der Waals surface area contributed by atoms with Crippen molar-refractivity contribution in [2.45, 2.75) is 5.54 Å². The van der Waals surface area contributed by atoms with Crippen molar-refractivity contribution < 1.29 is 9.90 Å². The van der Waals surface area contributed by atoms with E-state index < -0.39 is 11.5 Å². The van der Waals surface area contributed by atoms with E-state index in [0.29, 0.717) is 0 Å². The second kappa shape index (κ2) is 4.28. The molecule has 1 atom stereocenters. The third kappa shape index (κ3) is 1.63. The number of fused-ring (bicyclic) bond motifs is 1. The minimum Gasteiger partial charge on any atom is -0.479 e. The highest BCUT2D eigenvalue weighted by molar-refractivity contribution is 5.88. The minimum atomic E-state index is -1.22. The topological polar surface area (TPSA) is 49.3 Å². The molecule has 1 aliphatic heterocycles. The molecule has 1 aliphatic rings. The Morgan fingerprint density at radius 3 is 2.42 bits per heavy atom. The zero-order valence-electron chi connectivity index (χ0n) is 10.2. The maximum absolute atomic E-state index is 11.9. The first kappa shape index (κ1) is 11.5. The number of hydrogen-bond donors (Lipinski definition) is 2. The van der Waals surface area contributed by atoms with Crippen molar-refractivity contribution in [3.05, 3.63) is 77.5 Å². The number of benzene rings is 2. The highest BCUT2D eigenvalue weighted by atomic mass is 16.4. The molecule has 3 heteroatoms. The molecule has 0 fully saturated rings. The number of carbonyl (C=O) groups is 1. The summed E-state index contributed by atoms with van der Waals surface area (Å²) in [5.41, 5.74) is 1.19. The number of nitrogens with one attached hydrogen (secondary N) is 1. The zero-order chi connectivity index (χ0) is 13.3. The van der Waals surface area contributed by atoms with Gasteiger partial charge in [-0.15, -0.1) is 0 Å². The summed E-state index contributed by atoms with van der Waals surface area (Å²) < 4.78 is 0. The van der Waals surface area contributed by atoms with Gasteiger partial charge in [-0.05, 0) is 23.4 Å². The molecule has 2 aromatic carbocycles. The van der Waals surface area contributed by atoms with E-state index in [-0.39, 0.29) is 0 Å². The molecular weight excluding hydrogens is 238 g/mol. The number of rotatable bonds is 2. The average Bonchev–Trinajstić information content (AvgIpc) is 2.47. The molecule has 2 aromatic rings. The lowest BCUT2D eigenvalue weighted by Crippen LogP contribution is -2.49. The van der Waals surface area contributed by atoms with Crippen LogP contribution in [0.2, 0.25) is 0 Å². The molecule has 0 amide bonds. The van der Waals surface area contributed by atoms with Crippen molar-refractivity contribution in [1.82, 2.24) is 5.32 Å². The second-order valence-electron chi connectivity index (χ2n) is 4.49. The van der Waals surface area contributed by atoms with Crippen molar-refractivity contribution >= 4 is 12.0 Å². The van der Waals surface area contributed by atoms with Gasteiger partial charge in [-0.1, -0.05) is 54.6 Å². The Hall–Kier alpha value is -2.55. The molecule has 1 unspecified atom stereocenters. The molecule has 19 heavy (non-hydrogen) atoms. The second-order valence-corrected chi connectivity index (χ2v) is 4.49. The molecule has 0 aromatic heterocycles. The van der Waals surface area contributed by atoms with Crippen LogP contribution >= 0.6 is 0 Å². The first-order chi connectivity index (χ1) is 9.25. The predicted molar refractivity (Wildman–Crippen MR) is 73.5 cm³/mol. The van der Waals surface area contributed by atoms with Gasteiger partial charge in [0, 0.05) is 5.56 Å². The van der Waals surface area contributed by atoms with Gasteiger partial charge < -0.3 is 10.4 Å². The molecule has 94 valence electrons. The number of carboxylic acid groups (broad SMARTS) is 1. The molecule has 0 bridgehead atoms. The smallest absolute Gasteiger partial charge is 0.338 e. The van der Waals surface area contributed by atoms with E-state index in [1.165, 1.54) is 0 Å². The van der Waals surface area contributed by atoms with Crippen molar-refractivity contribution in [3.8, 4) is 0 Å². The van der Waals surface area contributed by atoms with Crippen LogP contribution in [0.1, 0.15) is 16.7 Å². The summed E-state index contributed by atoms with van der Waals surface area (Å²) in [6.07, 6.45) is 3.59. The Kier molecular flexibility index (Phi) is 2.60. The van der Waals surface area contributed by atoms with E-state index >= 15 is 0 Å². The van der Waals surface area contributed by atoms with E-state index in [0.717, 1.165) is 16.7 Å². The minimum absolute atomic E-state index is 0.722. The molecule has 3 nitrogen and oxygen atoms in total. The van der Waals surface area contributed by atoms with Crippen LogP contribution in [0, 0.1) is 0 Å². The van der Waals surface area contributed by atoms with Crippen LogP contribution in [-0.2, 0) is 10.3 Å². The van der Waals surface area contributed by atoms with Crippen molar-refractivity contribution in [3.63, 3.8) is 0 Å². The first-order valence-corrected chi connectivity index (χ1v) is 6.08. The average molecular weight is 251 g/mol. The maximum Gasteiger partial charge on any atom is 0.338 e. The zero-order valence-corrected chi connectivity index (χ0v) is 10.2. The van der Waals surface area contributed by atoms with Crippen LogP contribution in [0.3, 0.4) is 0 Å². The number of carboxylic acids is 1. The normalized spacial score (nSPS) is 20.4. The summed E-state index contributed by atoms with van der Waals surface area (Å²) in [4.78, 5) is 11.9. The monoisotopic (exact) mass is 251 g/mol. The highest BCUT2D eigenvalue weighted by Crippen LogP contribution is 2.35. The molecule has 1 heterocycles. The summed E-state index contributed by atoms with van der Waals surface area (Å²) in [7, 11) is 0. The van der Waals surface area contributed by atoms with E-state index in [4.69, 9.17) is 0 Å². The molecule has 2 N–H and O–H groups in total. The fourth-order valence-corrected chi connectivity index (χ4v) is 2.55. The summed E-state index contributed by atoms with van der Waals surface area (Å²) in [6, 6.07) is 16.8. The highest BCUT2D eigenvalue weighted by Gasteiger charge is 2.43. The van der Waals surface area contributed by atoms with E-state index in [2.05, 4.69) is 5.32 Å². The third-order valence-electron chi connectivity index (χ3n) is 3.46. The van der Waals surface area contributed by atoms with Crippen LogP contribution in [0.15, 0.2) is 60.8 Å². The van der Waals surface area contributed by atoms with E-state index in [9.17, 15) is 9.90 Å². The molecule has 0 saturated carbocycles. The fourth-order valence-electron chi connectivity index (χ4n) is 2.55. The number of aliphatic carboxylic acids is 1. The van der Waals surface area contributed by atoms with E-state index in [1.54, 1.807) is 6.20 Å². The molecule has 3 rings (SSSR count). The Labute approximate surface area is 111 Å². The van der Waals surface area contributed by atoms with Gasteiger partial charge in [0.1, 0.15) is 0 Å². The third-order valence-corrected chi connectivity index (χ3v) is 3.46. The first-order valence-electron chi connectivity index (χ1n) is 6.08. The standard InChI is InChI=1S/C16H13NO2/c18-15(19)16(13-7-2-1-3-8-13)14-9-5-4-6-12(14)10-11-17-16/h1-11,17H,(H,18,19). The Bertz CT molecular complexity index is 649. The van der Waals surface area contributed by atoms with Gasteiger partial charge >= 0.3 is 5.97 Å². The molecule has 0 aliphatic carbocycles. The predicted octanol–water partition coefficient (Wildman–Crippen LogP) is 2.59. The van der Waals surface area contributed by atoms with E-state index in [1.807, 2.05) is 60.7 Å². The van der Waals surface area contributed by atoms with Gasteiger partial charge in [0.25, 0.3) is 0 Å². The molecule has 0 spiro atoms. The SMILES string of the molecule is O=C(O)C1(c2ccccc2)NC=Cc2ccccc21. The number of hydrogen-bond acceptors (Lipinski definition) is 2. The maximum atomic E-state index is 11.9. The Balaban J connectivity index is 2.30. The van der Waals surface area contributed by atoms with Gasteiger partial charge in [-0.3, -0.25) is 0 Å². The lowest BCUT2D eigenvalue weighted by molar-refractivity contribution is -0.143. The van der Waals surface area contributed by atoms with Gasteiger partial charge in [-0.2, -0.15) is 0 Å². The lowest BCUT2D eigenvalue weighted by atomic mass is 9.79. The van der Waals surface area contributed by atoms with Crippen LogP contribution in [0.5, 0.6) is 0 Å². The molecule has 0 saturated heterocycles. The van der Waals surface area contributed by atoms with Crippen molar-refractivity contribution in [2.75, 3.05) is 0 Å². The summed E-state index contributed by atoms with van der Waals surface area (Å²) in [5.74, 6) is -0.907. The van der Waals surface area contributed by atoms with Gasteiger partial charge in [0.05, 0.1) is 0 Å². The summed E-state index contributed by atoms with van der Waals surface area (Å²) >= 11 is 0. The Morgan fingerprint density at radius 1 is 1.00 bits per heavy atom. The van der Waals surface area contributed by atoms with Gasteiger partial charge in [0.15, 0.2) is 5.54 Å². The van der Waals surface area contributed by atoms with Crippen LogP contribution in [0.4, 0.5) is 0 Å². The van der Waals surface area contributed by atoms with Crippen LogP contribution < -0.4 is 5.32 Å². The quantitative estimate of drug-likeness (QED) is 0.862. The largest absolute Gasteiger partial charge is 0.479 e.